The monoisotopic (exact) mass is 202 g/mol. The van der Waals surface area contributed by atoms with E-state index in [0.29, 0.717) is 17.9 Å². The van der Waals surface area contributed by atoms with Crippen LogP contribution in [0.5, 0.6) is 5.88 Å². The van der Waals surface area contributed by atoms with Crippen LogP contribution in [0, 0.1) is 10.1 Å². The molecule has 0 radical (unpaired) electrons. The highest BCUT2D eigenvalue weighted by Gasteiger charge is 2.27. The third-order valence-corrected chi connectivity index (χ3v) is 1.74. The van der Waals surface area contributed by atoms with E-state index in [1.165, 1.54) is 0 Å². The second-order valence-corrected chi connectivity index (χ2v) is 2.80. The van der Waals surface area contributed by atoms with Crippen molar-refractivity contribution < 1.29 is 18.5 Å². The highest BCUT2D eigenvalue weighted by atomic mass is 16.6. The van der Waals surface area contributed by atoms with E-state index in [1.54, 1.807) is 0 Å². The molecule has 1 aromatic heterocycles. The normalized spacial score (nSPS) is 20.4. The predicted octanol–water partition coefficient (Wildman–Crippen LogP) is 0.106. The van der Waals surface area contributed by atoms with Crippen molar-refractivity contribution in [2.24, 2.45) is 6.98 Å². The van der Waals surface area contributed by atoms with E-state index >= 15 is 0 Å². The molecule has 14 heavy (non-hydrogen) atoms. The molecule has 0 spiro atoms. The minimum absolute atomic E-state index is 0.292. The number of hydrogen-bond acceptors (Lipinski definition) is 5. The second-order valence-electron chi connectivity index (χ2n) is 2.80. The van der Waals surface area contributed by atoms with Crippen molar-refractivity contribution in [1.29, 1.82) is 0 Å². The van der Waals surface area contributed by atoms with Gasteiger partial charge in [-0.25, -0.2) is 0 Å². The van der Waals surface area contributed by atoms with Crippen LogP contribution < -0.4 is 4.74 Å². The lowest BCUT2D eigenvalue weighted by atomic mass is 10.3. The summed E-state index contributed by atoms with van der Waals surface area (Å²) < 4.78 is 31.8. The Morgan fingerprint density at radius 3 is 3.21 bits per heavy atom. The first-order chi connectivity index (χ1) is 7.88. The van der Waals surface area contributed by atoms with E-state index in [-0.39, 0.29) is 12.0 Å². The van der Waals surface area contributed by atoms with Gasteiger partial charge in [-0.1, -0.05) is 0 Å². The maximum absolute atomic E-state index is 10.7. The molecule has 1 saturated heterocycles. The average Bonchev–Trinajstić information content (AvgIpc) is 2.54. The van der Waals surface area contributed by atoms with Gasteiger partial charge in [-0.2, -0.15) is 0 Å². The zero-order valence-electron chi connectivity index (χ0n) is 10.0. The summed E-state index contributed by atoms with van der Waals surface area (Å²) >= 11 is 0. The number of aryl methyl sites for hydroxylation is 1. The largest absolute Gasteiger partial charge is 0.464 e. The second kappa shape index (κ2) is 3.26. The summed E-state index contributed by atoms with van der Waals surface area (Å²) in [5, 5.41) is 14.3. The van der Waals surface area contributed by atoms with Gasteiger partial charge in [-0.15, -0.1) is 5.10 Å². The predicted molar refractivity (Wildman–Crippen MR) is 45.1 cm³/mol. The van der Waals surface area contributed by atoms with Gasteiger partial charge in [-0.05, 0) is 0 Å². The Bertz CT molecular complexity index is 440. The van der Waals surface area contributed by atoms with Gasteiger partial charge < -0.3 is 9.47 Å². The third kappa shape index (κ3) is 1.53. The summed E-state index contributed by atoms with van der Waals surface area (Å²) in [6, 6.07) is 0. The topological polar surface area (TPSA) is 79.4 Å². The van der Waals surface area contributed by atoms with E-state index < -0.39 is 17.6 Å². The molecule has 0 bridgehead atoms. The molecule has 76 valence electrons. The number of aromatic nitrogens is 2. The molecule has 0 aliphatic carbocycles. The van der Waals surface area contributed by atoms with Crippen LogP contribution in [0.2, 0.25) is 0 Å². The molecule has 7 nitrogen and oxygen atoms in total. The van der Waals surface area contributed by atoms with Crippen molar-refractivity contribution in [2.75, 3.05) is 13.2 Å². The Kier molecular flexibility index (Phi) is 1.39. The highest BCUT2D eigenvalue weighted by molar-refractivity contribution is 5.38. The van der Waals surface area contributed by atoms with Crippen LogP contribution >= 0.6 is 0 Å². The average molecular weight is 202 g/mol. The number of hydrogen-bond donors (Lipinski definition) is 0. The van der Waals surface area contributed by atoms with Gasteiger partial charge in [0.1, 0.15) is 12.3 Å². The van der Waals surface area contributed by atoms with E-state index in [9.17, 15) is 10.1 Å². The Hall–Kier alpha value is -1.63. The van der Waals surface area contributed by atoms with Crippen molar-refractivity contribution >= 4 is 5.69 Å². The van der Waals surface area contributed by atoms with Crippen LogP contribution in [0.1, 0.15) is 4.11 Å². The van der Waals surface area contributed by atoms with Crippen LogP contribution in [0.3, 0.4) is 0 Å². The Balaban J connectivity index is 2.28. The number of nitro groups is 1. The molecule has 0 saturated carbocycles. The molecule has 1 aliphatic heterocycles. The molecule has 7 heteroatoms. The summed E-state index contributed by atoms with van der Waals surface area (Å²) in [6.45, 7) is -1.93. The lowest BCUT2D eigenvalue weighted by Gasteiger charge is -2.25. The van der Waals surface area contributed by atoms with E-state index in [0.717, 1.165) is 6.20 Å². The first-order valence-electron chi connectivity index (χ1n) is 5.37. The van der Waals surface area contributed by atoms with Crippen LogP contribution in [0.4, 0.5) is 5.69 Å². The van der Waals surface area contributed by atoms with E-state index in [4.69, 9.17) is 13.6 Å². The molecule has 0 amide bonds. The van der Waals surface area contributed by atoms with Gasteiger partial charge in [0.15, 0.2) is 0 Å². The molecule has 2 heterocycles. The fourth-order valence-electron chi connectivity index (χ4n) is 0.998. The fourth-order valence-corrected chi connectivity index (χ4v) is 0.998. The molecule has 1 fully saturated rings. The van der Waals surface area contributed by atoms with E-state index in [2.05, 4.69) is 5.10 Å². The van der Waals surface area contributed by atoms with Gasteiger partial charge in [0.25, 0.3) is 0 Å². The van der Waals surface area contributed by atoms with Gasteiger partial charge in [0.2, 0.25) is 0 Å². The molecular formula is C7H9N3O4. The zero-order valence-corrected chi connectivity index (χ0v) is 7.04. The number of nitrogens with zero attached hydrogens (tertiary/aromatic N) is 3. The van der Waals surface area contributed by atoms with Crippen molar-refractivity contribution in [3.8, 4) is 5.88 Å². The maximum Gasteiger partial charge on any atom is 0.350 e. The van der Waals surface area contributed by atoms with Gasteiger partial charge in [0.05, 0.1) is 18.1 Å². The SMILES string of the molecule is [2H]C([2H])([2H])n1cc([N+](=O)[O-])c(OC2COC2)n1. The molecule has 0 atom stereocenters. The standard InChI is InChI=1S/C7H9N3O4/c1-9-2-6(10(11)12)7(8-9)14-5-3-13-4-5/h2,5H,3-4H2,1H3/i1D3. The summed E-state index contributed by atoms with van der Waals surface area (Å²) in [5.41, 5.74) is -0.465. The van der Waals surface area contributed by atoms with Crippen molar-refractivity contribution in [3.63, 3.8) is 0 Å². The first-order valence-corrected chi connectivity index (χ1v) is 3.87. The van der Waals surface area contributed by atoms with Crippen LogP contribution in [-0.4, -0.2) is 34.0 Å². The summed E-state index contributed by atoms with van der Waals surface area (Å²) in [4.78, 5) is 9.98. The maximum atomic E-state index is 10.7. The minimum atomic E-state index is -2.57. The lowest BCUT2D eigenvalue weighted by Crippen LogP contribution is -2.38. The molecule has 1 aromatic rings. The fraction of sp³-hybridized carbons (Fsp3) is 0.571. The van der Waals surface area contributed by atoms with Crippen molar-refractivity contribution in [2.45, 2.75) is 6.10 Å². The molecule has 0 unspecified atom stereocenters. The van der Waals surface area contributed by atoms with Crippen LogP contribution in [0.25, 0.3) is 0 Å². The van der Waals surface area contributed by atoms with Gasteiger partial charge >= 0.3 is 11.6 Å². The van der Waals surface area contributed by atoms with Crippen LogP contribution in [0.15, 0.2) is 6.20 Å². The summed E-state index contributed by atoms with van der Waals surface area (Å²) in [6.07, 6.45) is 0.524. The number of rotatable bonds is 3. The smallest absolute Gasteiger partial charge is 0.350 e. The quantitative estimate of drug-likeness (QED) is 0.513. The minimum Gasteiger partial charge on any atom is -0.464 e. The number of ether oxygens (including phenoxy) is 2. The van der Waals surface area contributed by atoms with Gasteiger partial charge in [0, 0.05) is 11.1 Å². The Labute approximate surface area is 83.6 Å². The molecule has 1 aliphatic rings. The molecular weight excluding hydrogens is 190 g/mol. The van der Waals surface area contributed by atoms with Crippen LogP contribution in [-0.2, 0) is 11.7 Å². The highest BCUT2D eigenvalue weighted by Crippen LogP contribution is 2.26. The van der Waals surface area contributed by atoms with E-state index in [1.807, 2.05) is 0 Å². The Morgan fingerprint density at radius 1 is 1.93 bits per heavy atom. The summed E-state index contributed by atoms with van der Waals surface area (Å²) in [7, 11) is 0. The van der Waals surface area contributed by atoms with Gasteiger partial charge in [-0.3, -0.25) is 14.8 Å². The lowest BCUT2D eigenvalue weighted by molar-refractivity contribution is -0.386. The van der Waals surface area contributed by atoms with Crippen molar-refractivity contribution in [1.82, 2.24) is 9.78 Å². The Morgan fingerprint density at radius 2 is 2.71 bits per heavy atom. The third-order valence-electron chi connectivity index (χ3n) is 1.74. The molecule has 2 rings (SSSR count). The first kappa shape index (κ1) is 5.97. The molecule has 0 N–H and O–H groups in total. The molecule has 0 aromatic carbocycles. The zero-order chi connectivity index (χ0) is 12.6. The summed E-state index contributed by atoms with van der Waals surface area (Å²) in [5.74, 6) is -0.292. The van der Waals surface area contributed by atoms with Crippen molar-refractivity contribution in [3.05, 3.63) is 16.3 Å².